The fourth-order valence-electron chi connectivity index (χ4n) is 3.10. The first-order chi connectivity index (χ1) is 13.8. The monoisotopic (exact) mass is 431 g/mol. The summed E-state index contributed by atoms with van der Waals surface area (Å²) in [5, 5.41) is 9.23. The molecular weight excluding hydrogens is 414 g/mol. The molecule has 1 atom stereocenters. The van der Waals surface area contributed by atoms with Crippen LogP contribution in [-0.4, -0.2) is 30.7 Å². The second-order valence-electron chi connectivity index (χ2n) is 6.65. The predicted molar refractivity (Wildman–Crippen MR) is 107 cm³/mol. The van der Waals surface area contributed by atoms with Gasteiger partial charge in [0.1, 0.15) is 22.5 Å². The molecule has 0 bridgehead atoms. The standard InChI is InChI=1S/C20H17NO6S2/c1-29(24,25)15-6-2-12(3-7-15)16-8-4-13-10-14(5-9-17(13)27-16)26-20-21-11-18(28-20)19(22)23/h2-3,5-7,9-11,16H,4,8H2,1H3,(H,22,23). The van der Waals surface area contributed by atoms with E-state index in [4.69, 9.17) is 14.6 Å². The van der Waals surface area contributed by atoms with Crippen molar-refractivity contribution in [1.82, 2.24) is 4.98 Å². The van der Waals surface area contributed by atoms with E-state index in [1.54, 1.807) is 30.3 Å². The van der Waals surface area contributed by atoms with E-state index in [2.05, 4.69) is 4.98 Å². The minimum atomic E-state index is -3.22. The minimum absolute atomic E-state index is 0.117. The van der Waals surface area contributed by atoms with E-state index >= 15 is 0 Å². The van der Waals surface area contributed by atoms with Crippen LogP contribution in [0, 0.1) is 0 Å². The SMILES string of the molecule is CS(=O)(=O)c1ccc(C2CCc3cc(Oc4ncc(C(=O)O)s4)ccc3O2)cc1. The predicted octanol–water partition coefficient (Wildman–Crippen LogP) is 4.10. The molecule has 9 heteroatoms. The van der Waals surface area contributed by atoms with E-state index in [1.165, 1.54) is 12.5 Å². The van der Waals surface area contributed by atoms with Gasteiger partial charge in [0.15, 0.2) is 9.84 Å². The molecule has 150 valence electrons. The van der Waals surface area contributed by atoms with E-state index in [9.17, 15) is 13.2 Å². The average Bonchev–Trinajstić information content (AvgIpc) is 3.16. The topological polar surface area (TPSA) is 103 Å². The first kappa shape index (κ1) is 19.4. The largest absolute Gasteiger partial charge is 0.485 e. The quantitative estimate of drug-likeness (QED) is 0.649. The minimum Gasteiger partial charge on any atom is -0.485 e. The number of carbonyl (C=O) groups is 1. The van der Waals surface area contributed by atoms with Crippen LogP contribution in [0.5, 0.6) is 16.7 Å². The highest BCUT2D eigenvalue weighted by Gasteiger charge is 2.22. The fourth-order valence-corrected chi connectivity index (χ4v) is 4.35. The molecule has 29 heavy (non-hydrogen) atoms. The maximum atomic E-state index is 11.6. The van der Waals surface area contributed by atoms with Crippen LogP contribution in [-0.2, 0) is 16.3 Å². The summed E-state index contributed by atoms with van der Waals surface area (Å²) in [7, 11) is -3.22. The zero-order chi connectivity index (χ0) is 20.6. The van der Waals surface area contributed by atoms with Gasteiger partial charge in [-0.1, -0.05) is 23.5 Å². The van der Waals surface area contributed by atoms with Crippen LogP contribution in [0.4, 0.5) is 0 Å². The summed E-state index contributed by atoms with van der Waals surface area (Å²) >= 11 is 0.967. The molecule has 1 aliphatic heterocycles. The number of fused-ring (bicyclic) bond motifs is 1. The number of rotatable bonds is 5. The number of hydrogen-bond donors (Lipinski definition) is 1. The molecule has 7 nitrogen and oxygen atoms in total. The third-order valence-corrected chi connectivity index (χ3v) is 6.55. The number of aromatic carboxylic acids is 1. The highest BCUT2D eigenvalue weighted by Crippen LogP contribution is 2.38. The van der Waals surface area contributed by atoms with Gasteiger partial charge in [0.05, 0.1) is 11.1 Å². The molecule has 0 amide bonds. The summed E-state index contributed by atoms with van der Waals surface area (Å²) in [6.45, 7) is 0. The Morgan fingerprint density at radius 1 is 1.24 bits per heavy atom. The molecule has 1 aromatic heterocycles. The van der Waals surface area contributed by atoms with Gasteiger partial charge in [0, 0.05) is 6.26 Å². The summed E-state index contributed by atoms with van der Waals surface area (Å²) in [5.41, 5.74) is 1.91. The van der Waals surface area contributed by atoms with Gasteiger partial charge in [-0.25, -0.2) is 18.2 Å². The highest BCUT2D eigenvalue weighted by atomic mass is 32.2. The molecule has 0 spiro atoms. The third-order valence-electron chi connectivity index (χ3n) is 4.56. The van der Waals surface area contributed by atoms with Crippen molar-refractivity contribution in [2.75, 3.05) is 6.26 Å². The van der Waals surface area contributed by atoms with Gasteiger partial charge in [-0.05, 0) is 54.3 Å². The van der Waals surface area contributed by atoms with Crippen molar-refractivity contribution >= 4 is 27.1 Å². The summed E-state index contributed by atoms with van der Waals surface area (Å²) in [6.07, 6.45) is 3.81. The number of carboxylic acid groups (broad SMARTS) is 1. The van der Waals surface area contributed by atoms with Crippen LogP contribution in [0.3, 0.4) is 0 Å². The normalized spacial score (nSPS) is 16.0. The van der Waals surface area contributed by atoms with Crippen LogP contribution >= 0.6 is 11.3 Å². The van der Waals surface area contributed by atoms with Crippen molar-refractivity contribution in [1.29, 1.82) is 0 Å². The molecule has 2 heterocycles. The molecule has 0 fully saturated rings. The highest BCUT2D eigenvalue weighted by molar-refractivity contribution is 7.90. The van der Waals surface area contributed by atoms with Crippen LogP contribution in [0.15, 0.2) is 53.6 Å². The molecule has 0 saturated heterocycles. The van der Waals surface area contributed by atoms with Gasteiger partial charge < -0.3 is 14.6 Å². The van der Waals surface area contributed by atoms with E-state index < -0.39 is 15.8 Å². The van der Waals surface area contributed by atoms with Crippen LogP contribution in [0.2, 0.25) is 0 Å². The Bertz CT molecular complexity index is 1170. The summed E-state index contributed by atoms with van der Waals surface area (Å²) in [4.78, 5) is 15.3. The Balaban J connectivity index is 1.48. The zero-order valence-electron chi connectivity index (χ0n) is 15.4. The maximum absolute atomic E-state index is 11.6. The molecule has 0 radical (unpaired) electrons. The summed E-state index contributed by atoms with van der Waals surface area (Å²) in [6, 6.07) is 12.2. The lowest BCUT2D eigenvalue weighted by Crippen LogP contribution is -2.15. The Kier molecular flexibility index (Phi) is 5.01. The number of nitrogens with zero attached hydrogens (tertiary/aromatic N) is 1. The number of thiazole rings is 1. The van der Waals surface area contributed by atoms with Gasteiger partial charge in [-0.15, -0.1) is 0 Å². The Morgan fingerprint density at radius 3 is 2.66 bits per heavy atom. The number of aromatic nitrogens is 1. The molecule has 3 aromatic rings. The Hall–Kier alpha value is -2.91. The number of ether oxygens (including phenoxy) is 2. The van der Waals surface area contributed by atoms with Crippen molar-refractivity contribution < 1.29 is 27.8 Å². The van der Waals surface area contributed by atoms with Crippen LogP contribution < -0.4 is 9.47 Å². The van der Waals surface area contributed by atoms with Crippen molar-refractivity contribution in [2.45, 2.75) is 23.8 Å². The number of hydrogen-bond acceptors (Lipinski definition) is 7. The molecule has 2 aromatic carbocycles. The van der Waals surface area contributed by atoms with Crippen LogP contribution in [0.25, 0.3) is 0 Å². The van der Waals surface area contributed by atoms with Crippen molar-refractivity contribution in [3.8, 4) is 16.7 Å². The van der Waals surface area contributed by atoms with Gasteiger partial charge in [0.25, 0.3) is 5.19 Å². The first-order valence-corrected chi connectivity index (χ1v) is 11.5. The molecular formula is C20H17NO6S2. The van der Waals surface area contributed by atoms with E-state index in [-0.39, 0.29) is 21.1 Å². The molecule has 0 aliphatic carbocycles. The van der Waals surface area contributed by atoms with Crippen molar-refractivity contribution in [3.05, 3.63) is 64.7 Å². The number of carboxylic acids is 1. The number of sulfone groups is 1. The lowest BCUT2D eigenvalue weighted by molar-refractivity contribution is 0.0702. The maximum Gasteiger partial charge on any atom is 0.347 e. The summed E-state index contributed by atoms with van der Waals surface area (Å²) in [5.74, 6) is 0.271. The lowest BCUT2D eigenvalue weighted by atomic mass is 9.97. The third kappa shape index (κ3) is 4.25. The van der Waals surface area contributed by atoms with Gasteiger partial charge in [0.2, 0.25) is 0 Å². The molecule has 4 rings (SSSR count). The van der Waals surface area contributed by atoms with E-state index in [0.29, 0.717) is 5.75 Å². The fraction of sp³-hybridized carbons (Fsp3) is 0.200. The Labute approximate surface area is 171 Å². The van der Waals surface area contributed by atoms with E-state index in [1.807, 2.05) is 12.1 Å². The second-order valence-corrected chi connectivity index (χ2v) is 9.66. The smallest absolute Gasteiger partial charge is 0.347 e. The Morgan fingerprint density at radius 2 is 2.00 bits per heavy atom. The molecule has 1 unspecified atom stereocenters. The lowest BCUT2D eigenvalue weighted by Gasteiger charge is -2.26. The molecule has 1 aliphatic rings. The average molecular weight is 431 g/mol. The van der Waals surface area contributed by atoms with Crippen molar-refractivity contribution in [3.63, 3.8) is 0 Å². The molecule has 1 N–H and O–H groups in total. The van der Waals surface area contributed by atoms with E-state index in [0.717, 1.165) is 41.1 Å². The van der Waals surface area contributed by atoms with Gasteiger partial charge >= 0.3 is 5.97 Å². The zero-order valence-corrected chi connectivity index (χ0v) is 17.0. The summed E-state index contributed by atoms with van der Waals surface area (Å²) < 4.78 is 35.0. The van der Waals surface area contributed by atoms with Crippen LogP contribution in [0.1, 0.15) is 33.3 Å². The van der Waals surface area contributed by atoms with Crippen molar-refractivity contribution in [2.24, 2.45) is 0 Å². The second kappa shape index (κ2) is 7.49. The van der Waals surface area contributed by atoms with Gasteiger partial charge in [-0.2, -0.15) is 0 Å². The molecule has 0 saturated carbocycles. The number of aryl methyl sites for hydroxylation is 1. The number of benzene rings is 2. The first-order valence-electron chi connectivity index (χ1n) is 8.76. The van der Waals surface area contributed by atoms with Gasteiger partial charge in [-0.3, -0.25) is 0 Å².